The minimum Gasteiger partial charge on any atom is -0.408 e. The SMILES string of the molecule is C=C1Cc2ccccc2OP(Oc2ccccc2C)Oc2c1cc(C(C)(C)C)cc2-c1cc(C(C)(C)C)cc(C(C)(C)C)c1OP(Oc1ccccc1C)Oc1ccccc1C. The second-order valence-electron chi connectivity index (χ2n) is 19.2. The first-order chi connectivity index (χ1) is 29.3. The molecule has 0 bridgehead atoms. The first kappa shape index (κ1) is 44.8. The zero-order valence-electron chi connectivity index (χ0n) is 38.3. The molecule has 0 saturated carbocycles. The second kappa shape index (κ2) is 17.8. The van der Waals surface area contributed by atoms with E-state index in [2.05, 4.69) is 92.6 Å². The Morgan fingerprint density at radius 2 is 1.02 bits per heavy atom. The first-order valence-corrected chi connectivity index (χ1v) is 23.4. The maximum Gasteiger partial charge on any atom is 0.530 e. The van der Waals surface area contributed by atoms with Crippen LogP contribution in [0.1, 0.15) is 107 Å². The largest absolute Gasteiger partial charge is 0.530 e. The monoisotopic (exact) mass is 866 g/mol. The molecule has 6 aromatic rings. The van der Waals surface area contributed by atoms with Crippen LogP contribution >= 0.6 is 17.2 Å². The molecule has 1 aliphatic rings. The number of hydrogen-bond donors (Lipinski definition) is 0. The third kappa shape index (κ3) is 10.2. The predicted molar refractivity (Wildman–Crippen MR) is 258 cm³/mol. The van der Waals surface area contributed by atoms with E-state index in [1.165, 1.54) is 0 Å². The van der Waals surface area contributed by atoms with Gasteiger partial charge in [0.2, 0.25) is 0 Å². The number of allylic oxidation sites excluding steroid dienone is 1. The van der Waals surface area contributed by atoms with Crippen LogP contribution in [0.5, 0.6) is 34.5 Å². The van der Waals surface area contributed by atoms with Crippen LogP contribution < -0.4 is 27.1 Å². The molecular weight excluding hydrogens is 807 g/mol. The van der Waals surface area contributed by atoms with Crippen molar-refractivity contribution in [3.63, 3.8) is 0 Å². The molecular formula is C54H60O6P2. The Balaban J connectivity index is 1.53. The maximum absolute atomic E-state index is 7.34. The van der Waals surface area contributed by atoms with Gasteiger partial charge in [0.05, 0.1) is 0 Å². The predicted octanol–water partition coefficient (Wildman–Crippen LogP) is 16.3. The summed E-state index contributed by atoms with van der Waals surface area (Å²) < 4.78 is 41.7. The highest BCUT2D eigenvalue weighted by Crippen LogP contribution is 2.56. The van der Waals surface area contributed by atoms with Crippen LogP contribution in [-0.4, -0.2) is 0 Å². The van der Waals surface area contributed by atoms with Crippen molar-refractivity contribution in [2.45, 2.75) is 106 Å². The Morgan fingerprint density at radius 1 is 0.532 bits per heavy atom. The van der Waals surface area contributed by atoms with Crippen LogP contribution in [0, 0.1) is 20.8 Å². The van der Waals surface area contributed by atoms with Crippen LogP contribution in [0.3, 0.4) is 0 Å². The molecule has 0 radical (unpaired) electrons. The molecule has 7 rings (SSSR count). The summed E-state index contributed by atoms with van der Waals surface area (Å²) in [6, 6.07) is 40.9. The summed E-state index contributed by atoms with van der Waals surface area (Å²) in [5.74, 6) is 4.00. The highest BCUT2D eigenvalue weighted by Gasteiger charge is 2.35. The van der Waals surface area contributed by atoms with E-state index in [4.69, 9.17) is 33.7 Å². The molecule has 0 N–H and O–H groups in total. The Hall–Kier alpha value is -5.28. The summed E-state index contributed by atoms with van der Waals surface area (Å²) in [5, 5.41) is 0. The van der Waals surface area contributed by atoms with E-state index in [0.29, 0.717) is 40.9 Å². The normalized spacial score (nSPS) is 14.3. The van der Waals surface area contributed by atoms with Gasteiger partial charge in [0.15, 0.2) is 0 Å². The molecule has 62 heavy (non-hydrogen) atoms. The van der Waals surface area contributed by atoms with Gasteiger partial charge in [-0.1, -0.05) is 148 Å². The fourth-order valence-corrected chi connectivity index (χ4v) is 9.51. The third-order valence-electron chi connectivity index (χ3n) is 11.1. The van der Waals surface area contributed by atoms with E-state index >= 15 is 0 Å². The third-order valence-corrected chi connectivity index (χ3v) is 13.1. The first-order valence-electron chi connectivity index (χ1n) is 21.2. The van der Waals surface area contributed by atoms with E-state index in [0.717, 1.165) is 61.2 Å². The number of rotatable bonds is 9. The zero-order valence-corrected chi connectivity index (χ0v) is 40.1. The Bertz CT molecular complexity index is 2550. The van der Waals surface area contributed by atoms with Gasteiger partial charge in [-0.05, 0) is 118 Å². The van der Waals surface area contributed by atoms with Crippen molar-refractivity contribution >= 4 is 22.8 Å². The summed E-state index contributed by atoms with van der Waals surface area (Å²) in [6.45, 7) is 30.9. The molecule has 1 unspecified atom stereocenters. The highest BCUT2D eigenvalue weighted by molar-refractivity contribution is 7.43. The zero-order chi connectivity index (χ0) is 44.6. The smallest absolute Gasteiger partial charge is 0.408 e. The quantitative estimate of drug-likeness (QED) is 0.135. The molecule has 0 fully saturated rings. The van der Waals surface area contributed by atoms with Gasteiger partial charge in [0, 0.05) is 28.7 Å². The minimum atomic E-state index is -2.07. The van der Waals surface area contributed by atoms with Gasteiger partial charge in [-0.2, -0.15) is 0 Å². The van der Waals surface area contributed by atoms with E-state index in [9.17, 15) is 0 Å². The van der Waals surface area contributed by atoms with Crippen molar-refractivity contribution < 1.29 is 27.1 Å². The topological polar surface area (TPSA) is 55.4 Å². The summed E-state index contributed by atoms with van der Waals surface area (Å²) in [4.78, 5) is 0. The van der Waals surface area contributed by atoms with E-state index < -0.39 is 17.2 Å². The molecule has 0 saturated heterocycles. The van der Waals surface area contributed by atoms with Gasteiger partial charge >= 0.3 is 17.2 Å². The second-order valence-corrected chi connectivity index (χ2v) is 21.2. The number of aryl methyl sites for hydroxylation is 3. The van der Waals surface area contributed by atoms with Gasteiger partial charge < -0.3 is 27.1 Å². The molecule has 6 nitrogen and oxygen atoms in total. The van der Waals surface area contributed by atoms with Gasteiger partial charge in [-0.3, -0.25) is 0 Å². The van der Waals surface area contributed by atoms with Crippen molar-refractivity contribution in [2.75, 3.05) is 0 Å². The van der Waals surface area contributed by atoms with E-state index in [-0.39, 0.29) is 16.2 Å². The standard InChI is InChI=1S/C54H60O6P2/c1-35-22-14-18-26-46(35)55-61(56-47-27-19-15-23-36(47)2)60-51-44(33-41(53(8,9)10)34-45(51)54(11,12)13)43-32-40(52(5,6)7)31-42-38(4)30-39-25-17-21-29-49(39)58-62(59-50(42)43)57-48-28-20-16-24-37(48)3/h14-29,31-34H,4,30H2,1-3,5-13H3. The maximum atomic E-state index is 7.34. The van der Waals surface area contributed by atoms with Crippen molar-refractivity contribution in [3.05, 3.63) is 172 Å². The van der Waals surface area contributed by atoms with E-state index in [1.807, 2.05) is 112 Å². The van der Waals surface area contributed by atoms with Crippen LogP contribution in [0.4, 0.5) is 0 Å². The van der Waals surface area contributed by atoms with Crippen LogP contribution in [0.15, 0.2) is 128 Å². The van der Waals surface area contributed by atoms with Crippen molar-refractivity contribution in [3.8, 4) is 45.6 Å². The molecule has 1 atom stereocenters. The van der Waals surface area contributed by atoms with Gasteiger partial charge in [-0.25, -0.2) is 0 Å². The lowest BCUT2D eigenvalue weighted by Crippen LogP contribution is -2.19. The molecule has 0 aliphatic carbocycles. The number of fused-ring (bicyclic) bond motifs is 2. The minimum absolute atomic E-state index is 0.226. The molecule has 8 heteroatoms. The molecule has 0 amide bonds. The summed E-state index contributed by atoms with van der Waals surface area (Å²) in [5.41, 5.74) is 9.80. The average molecular weight is 867 g/mol. The number of benzene rings is 6. The molecule has 6 aromatic carbocycles. The fraction of sp³-hybridized carbons (Fsp3) is 0.296. The van der Waals surface area contributed by atoms with Crippen molar-refractivity contribution in [1.82, 2.24) is 0 Å². The van der Waals surface area contributed by atoms with Crippen LogP contribution in [-0.2, 0) is 22.7 Å². The fourth-order valence-electron chi connectivity index (χ4n) is 7.16. The Labute approximate surface area is 372 Å². The average Bonchev–Trinajstić information content (AvgIpc) is 3.25. The number of hydrogen-bond acceptors (Lipinski definition) is 6. The Morgan fingerprint density at radius 3 is 1.56 bits per heavy atom. The molecule has 0 spiro atoms. The summed E-state index contributed by atoms with van der Waals surface area (Å²) >= 11 is 0. The Kier molecular flexibility index (Phi) is 12.9. The van der Waals surface area contributed by atoms with Gasteiger partial charge in [0.25, 0.3) is 0 Å². The van der Waals surface area contributed by atoms with Gasteiger partial charge in [-0.15, -0.1) is 0 Å². The molecule has 0 aromatic heterocycles. The molecule has 322 valence electrons. The lowest BCUT2D eigenvalue weighted by molar-refractivity contribution is 0.379. The van der Waals surface area contributed by atoms with E-state index in [1.54, 1.807) is 0 Å². The number of para-hydroxylation sites is 4. The highest BCUT2D eigenvalue weighted by atomic mass is 31.2. The summed E-state index contributed by atoms with van der Waals surface area (Å²) in [6.07, 6.45) is 0.547. The van der Waals surface area contributed by atoms with Crippen LogP contribution in [0.25, 0.3) is 16.7 Å². The lowest BCUT2D eigenvalue weighted by Gasteiger charge is -2.32. The van der Waals surface area contributed by atoms with Crippen LogP contribution in [0.2, 0.25) is 0 Å². The lowest BCUT2D eigenvalue weighted by atomic mass is 9.77. The van der Waals surface area contributed by atoms with Crippen molar-refractivity contribution in [1.29, 1.82) is 0 Å². The summed E-state index contributed by atoms with van der Waals surface area (Å²) in [7, 11) is -4.12. The molecule has 1 aliphatic heterocycles. The van der Waals surface area contributed by atoms with Crippen molar-refractivity contribution in [2.24, 2.45) is 0 Å². The molecule has 1 heterocycles. The van der Waals surface area contributed by atoms with Gasteiger partial charge in [0.1, 0.15) is 34.5 Å².